The first kappa shape index (κ1) is 16.4. The topological polar surface area (TPSA) is 63.6 Å². The fourth-order valence-corrected chi connectivity index (χ4v) is 3.10. The minimum atomic E-state index is -1.91. The summed E-state index contributed by atoms with van der Waals surface area (Å²) < 4.78 is 5.31. The molecule has 24 heavy (non-hydrogen) atoms. The van der Waals surface area contributed by atoms with Crippen LogP contribution in [0.2, 0.25) is 0 Å². The number of fused-ring (bicyclic) bond motifs is 3. The van der Waals surface area contributed by atoms with Gasteiger partial charge < -0.3 is 9.84 Å². The van der Waals surface area contributed by atoms with Crippen LogP contribution in [0.3, 0.4) is 0 Å². The van der Waals surface area contributed by atoms with Gasteiger partial charge in [-0.1, -0.05) is 48.5 Å². The van der Waals surface area contributed by atoms with Gasteiger partial charge in [0.2, 0.25) is 0 Å². The number of rotatable bonds is 2. The van der Waals surface area contributed by atoms with Gasteiger partial charge in [0.15, 0.2) is 11.4 Å². The van der Waals surface area contributed by atoms with Crippen molar-refractivity contribution in [3.8, 4) is 11.1 Å². The first-order valence-electron chi connectivity index (χ1n) is 7.90. The molecule has 0 amide bonds. The number of carbonyl (C=O) groups excluding carboxylic acids is 2. The Labute approximate surface area is 141 Å². The third-order valence-electron chi connectivity index (χ3n) is 4.03. The zero-order chi connectivity index (χ0) is 17.5. The second kappa shape index (κ2) is 5.56. The predicted octanol–water partition coefficient (Wildman–Crippen LogP) is 3.47. The highest BCUT2D eigenvalue weighted by Gasteiger charge is 2.46. The Morgan fingerprint density at radius 3 is 2.17 bits per heavy atom. The molecule has 2 aromatic carbocycles. The third kappa shape index (κ3) is 2.74. The van der Waals surface area contributed by atoms with Gasteiger partial charge in [-0.3, -0.25) is 9.59 Å². The maximum atomic E-state index is 12.9. The standard InChI is InChI=1S/C20H20O4/c1-19(2,3)24-17(21)12-20(23)16-11-7-6-9-14(16)13-8-4-5-10-15(13)18(20)22/h4-11,23H,12H2,1-3H3/t20-/m0/s1. The molecule has 4 heteroatoms. The Kier molecular flexibility index (Phi) is 3.80. The Morgan fingerprint density at radius 1 is 1.00 bits per heavy atom. The van der Waals surface area contributed by atoms with E-state index < -0.39 is 29.4 Å². The van der Waals surface area contributed by atoms with Crippen LogP contribution in [0.5, 0.6) is 0 Å². The van der Waals surface area contributed by atoms with E-state index in [4.69, 9.17) is 4.74 Å². The monoisotopic (exact) mass is 324 g/mol. The fraction of sp³-hybridized carbons (Fsp3) is 0.300. The minimum absolute atomic E-state index is 0.408. The number of ketones is 1. The van der Waals surface area contributed by atoms with Crippen molar-refractivity contribution in [1.82, 2.24) is 0 Å². The minimum Gasteiger partial charge on any atom is -0.460 e. The molecule has 1 aliphatic carbocycles. The van der Waals surface area contributed by atoms with Crippen molar-refractivity contribution in [2.75, 3.05) is 0 Å². The lowest BCUT2D eigenvalue weighted by Gasteiger charge is -2.34. The molecule has 0 saturated heterocycles. The van der Waals surface area contributed by atoms with E-state index in [1.165, 1.54) is 0 Å². The SMILES string of the molecule is CC(C)(C)OC(=O)C[C@@]1(O)C(=O)c2ccccc2-c2ccccc21. The molecular weight excluding hydrogens is 304 g/mol. The van der Waals surface area contributed by atoms with E-state index in [0.29, 0.717) is 11.1 Å². The van der Waals surface area contributed by atoms with E-state index in [-0.39, 0.29) is 0 Å². The van der Waals surface area contributed by atoms with Crippen LogP contribution >= 0.6 is 0 Å². The molecule has 0 saturated carbocycles. The van der Waals surface area contributed by atoms with E-state index in [2.05, 4.69) is 0 Å². The highest BCUT2D eigenvalue weighted by molar-refractivity contribution is 6.12. The van der Waals surface area contributed by atoms with Crippen LogP contribution in [0, 0.1) is 0 Å². The van der Waals surface area contributed by atoms with E-state index in [0.717, 1.165) is 11.1 Å². The zero-order valence-electron chi connectivity index (χ0n) is 14.0. The van der Waals surface area contributed by atoms with Gasteiger partial charge in [-0.25, -0.2) is 0 Å². The smallest absolute Gasteiger partial charge is 0.310 e. The van der Waals surface area contributed by atoms with E-state index in [1.54, 1.807) is 45.0 Å². The summed E-state index contributed by atoms with van der Waals surface area (Å²) in [4.78, 5) is 25.2. The number of esters is 1. The summed E-state index contributed by atoms with van der Waals surface area (Å²) in [6.45, 7) is 5.25. The van der Waals surface area contributed by atoms with Gasteiger partial charge in [0, 0.05) is 5.56 Å². The van der Waals surface area contributed by atoms with Crippen molar-refractivity contribution in [3.05, 3.63) is 59.7 Å². The maximum absolute atomic E-state index is 12.9. The summed E-state index contributed by atoms with van der Waals surface area (Å²) in [6, 6.07) is 14.3. The number of ether oxygens (including phenoxy) is 1. The zero-order valence-corrected chi connectivity index (χ0v) is 14.0. The number of aliphatic hydroxyl groups is 1. The molecule has 124 valence electrons. The summed E-state index contributed by atoms with van der Waals surface area (Å²) in [5.74, 6) is -1.07. The van der Waals surface area contributed by atoms with Gasteiger partial charge in [-0.05, 0) is 37.5 Å². The van der Waals surface area contributed by atoms with Gasteiger partial charge in [0.25, 0.3) is 0 Å². The Morgan fingerprint density at radius 2 is 1.54 bits per heavy atom. The summed E-state index contributed by atoms with van der Waals surface area (Å²) in [5.41, 5.74) is -0.192. The molecule has 0 aliphatic heterocycles. The average molecular weight is 324 g/mol. The van der Waals surface area contributed by atoms with Crippen LogP contribution in [0.25, 0.3) is 11.1 Å². The second-order valence-electron chi connectivity index (χ2n) is 7.04. The molecule has 0 bridgehead atoms. The van der Waals surface area contributed by atoms with Gasteiger partial charge in [0.05, 0.1) is 6.42 Å². The normalized spacial score (nSPS) is 19.4. The summed E-state index contributed by atoms with van der Waals surface area (Å²) >= 11 is 0. The molecule has 0 aromatic heterocycles. The average Bonchev–Trinajstić information content (AvgIpc) is 2.51. The molecule has 2 aromatic rings. The van der Waals surface area contributed by atoms with Crippen molar-refractivity contribution < 1.29 is 19.4 Å². The van der Waals surface area contributed by atoms with E-state index >= 15 is 0 Å². The van der Waals surface area contributed by atoms with Gasteiger partial charge in [-0.2, -0.15) is 0 Å². The maximum Gasteiger partial charge on any atom is 0.310 e. The second-order valence-corrected chi connectivity index (χ2v) is 7.04. The summed E-state index contributed by atoms with van der Waals surface area (Å²) in [7, 11) is 0. The molecule has 3 rings (SSSR count). The number of hydrogen-bond donors (Lipinski definition) is 1. The highest BCUT2D eigenvalue weighted by atomic mass is 16.6. The van der Waals surface area contributed by atoms with Crippen molar-refractivity contribution in [1.29, 1.82) is 0 Å². The number of carbonyl (C=O) groups is 2. The molecule has 1 N–H and O–H groups in total. The fourth-order valence-electron chi connectivity index (χ4n) is 3.10. The van der Waals surface area contributed by atoms with Gasteiger partial charge in [-0.15, -0.1) is 0 Å². The Bertz CT molecular complexity index is 816. The van der Waals surface area contributed by atoms with Crippen molar-refractivity contribution >= 4 is 11.8 Å². The van der Waals surface area contributed by atoms with E-state index in [9.17, 15) is 14.7 Å². The molecule has 0 radical (unpaired) electrons. The molecular formula is C20H20O4. The van der Waals surface area contributed by atoms with Crippen molar-refractivity contribution in [3.63, 3.8) is 0 Å². The molecule has 0 spiro atoms. The van der Waals surface area contributed by atoms with Crippen molar-refractivity contribution in [2.24, 2.45) is 0 Å². The molecule has 4 nitrogen and oxygen atoms in total. The quantitative estimate of drug-likeness (QED) is 0.859. The molecule has 0 fully saturated rings. The Balaban J connectivity index is 2.09. The van der Waals surface area contributed by atoms with Crippen LogP contribution in [-0.2, 0) is 15.1 Å². The number of hydrogen-bond acceptors (Lipinski definition) is 4. The highest BCUT2D eigenvalue weighted by Crippen LogP contribution is 2.43. The van der Waals surface area contributed by atoms with Crippen LogP contribution in [-0.4, -0.2) is 22.5 Å². The third-order valence-corrected chi connectivity index (χ3v) is 4.03. The lowest BCUT2D eigenvalue weighted by atomic mass is 9.73. The molecule has 1 aliphatic rings. The lowest BCUT2D eigenvalue weighted by molar-refractivity contribution is -0.159. The first-order valence-corrected chi connectivity index (χ1v) is 7.90. The molecule has 1 atom stereocenters. The van der Waals surface area contributed by atoms with Crippen LogP contribution in [0.4, 0.5) is 0 Å². The molecule has 0 unspecified atom stereocenters. The largest absolute Gasteiger partial charge is 0.460 e. The number of benzene rings is 2. The van der Waals surface area contributed by atoms with E-state index in [1.807, 2.05) is 24.3 Å². The summed E-state index contributed by atoms with van der Waals surface area (Å²) in [5, 5.41) is 11.2. The number of Topliss-reactive ketones (excluding diaryl/α,β-unsaturated/α-hetero) is 1. The lowest BCUT2D eigenvalue weighted by Crippen LogP contribution is -2.42. The van der Waals surface area contributed by atoms with Crippen LogP contribution in [0.15, 0.2) is 48.5 Å². The van der Waals surface area contributed by atoms with Crippen LogP contribution in [0.1, 0.15) is 43.1 Å². The first-order chi connectivity index (χ1) is 11.2. The Hall–Kier alpha value is -2.46. The van der Waals surface area contributed by atoms with Gasteiger partial charge >= 0.3 is 5.97 Å². The van der Waals surface area contributed by atoms with Crippen molar-refractivity contribution in [2.45, 2.75) is 38.4 Å². The molecule has 0 heterocycles. The van der Waals surface area contributed by atoms with Gasteiger partial charge in [0.1, 0.15) is 5.60 Å². The predicted molar refractivity (Wildman–Crippen MR) is 90.6 cm³/mol. The van der Waals surface area contributed by atoms with Crippen LogP contribution < -0.4 is 0 Å². The summed E-state index contributed by atoms with van der Waals surface area (Å²) in [6.07, 6.45) is -0.408.